The fraction of sp³-hybridized carbons (Fsp3) is 1.00. The fourth-order valence-electron chi connectivity index (χ4n) is 6.89. The Labute approximate surface area is 358 Å². The molecule has 0 aromatic carbocycles. The van der Waals surface area contributed by atoms with Crippen LogP contribution in [0.2, 0.25) is 0 Å². The minimum atomic E-state index is -5.09. The van der Waals surface area contributed by atoms with Crippen molar-refractivity contribution in [2.75, 3.05) is 59.0 Å². The number of rotatable bonds is 35. The van der Waals surface area contributed by atoms with Gasteiger partial charge in [0, 0.05) is 6.61 Å². The van der Waals surface area contributed by atoms with Gasteiger partial charge in [0.25, 0.3) is 0 Å². The first kappa shape index (κ1) is 65.4. The molecule has 0 rings (SSSR count). The van der Waals surface area contributed by atoms with E-state index in [0.717, 1.165) is 6.42 Å². The van der Waals surface area contributed by atoms with Gasteiger partial charge in [-0.05, 0) is 57.8 Å². The molecule has 10 nitrogen and oxygen atoms in total. The predicted octanol–water partition coefficient (Wildman–Crippen LogP) is 12.0. The van der Waals surface area contributed by atoms with Crippen LogP contribution in [0.25, 0.3) is 0 Å². The van der Waals surface area contributed by atoms with Crippen LogP contribution in [-0.4, -0.2) is 78.3 Å². The van der Waals surface area contributed by atoms with Crippen molar-refractivity contribution >= 4 is 7.82 Å². The van der Waals surface area contributed by atoms with Gasteiger partial charge < -0.3 is 28.4 Å². The second-order valence-electron chi connectivity index (χ2n) is 15.8. The molecule has 0 radical (unpaired) electrons. The van der Waals surface area contributed by atoms with Crippen LogP contribution >= 0.6 is 7.82 Å². The van der Waals surface area contributed by atoms with E-state index in [1.807, 2.05) is 0 Å². The number of unbranched alkanes of at least 4 members (excludes halogenated alkanes) is 17. The molecule has 0 aliphatic heterocycles. The molecule has 0 aliphatic rings. The zero-order chi connectivity index (χ0) is 43.7. The second-order valence-corrected chi connectivity index (χ2v) is 17.3. The van der Waals surface area contributed by atoms with Crippen molar-refractivity contribution in [3.63, 3.8) is 0 Å². The second kappa shape index (κ2) is 53.3. The first-order chi connectivity index (χ1) is 26.9. The normalized spacial score (nSPS) is 11.2. The molecule has 0 amide bonds. The van der Waals surface area contributed by atoms with Gasteiger partial charge >= 0.3 is 25.3 Å². The molecule has 56 heavy (non-hydrogen) atoms. The number of hydrogen-bond acceptors (Lipinski definition) is 8. The summed E-state index contributed by atoms with van der Waals surface area (Å²) in [5.74, 6) is 0. The molecule has 0 bridgehead atoms. The molecule has 0 unspecified atom stereocenters. The van der Waals surface area contributed by atoms with Crippen molar-refractivity contribution in [2.24, 2.45) is 0 Å². The first-order valence-corrected chi connectivity index (χ1v) is 27.3. The van der Waals surface area contributed by atoms with Gasteiger partial charge in [0.2, 0.25) is 0 Å². The van der Waals surface area contributed by atoms with Crippen molar-refractivity contribution in [1.29, 1.82) is 0 Å². The standard InChI is InChI=1S/2C16H36N.C12H26O.H3O5P.2O.W/c2*1-5-9-13-17(14-10-6-2,15-11-7-3)16-12-8-4;1-2-3-4-5-6-7-8-9-10-11-12-13;1-5-6(2,3)4;;;/h2*5-16H2,1-4H3;13H,2-12H2,1H3;1H,(H2,2,3,4);;;/q2*+1;;;;;/p-2. The number of quaternary nitrogens is 2. The summed E-state index contributed by atoms with van der Waals surface area (Å²) in [6.07, 6.45) is 35.4. The molecule has 0 aliphatic carbocycles. The molecule has 0 atom stereocenters. The van der Waals surface area contributed by atoms with Gasteiger partial charge in [-0.3, -0.25) is 0 Å². The first-order valence-electron chi connectivity index (χ1n) is 23.5. The third-order valence-electron chi connectivity index (χ3n) is 10.5. The Hall–Kier alpha value is 0.238. The van der Waals surface area contributed by atoms with Crippen LogP contribution in [0, 0.1) is 0 Å². The van der Waals surface area contributed by atoms with E-state index in [2.05, 4.69) is 67.0 Å². The van der Waals surface area contributed by atoms with Crippen molar-refractivity contribution in [3.05, 3.63) is 0 Å². The zero-order valence-electron chi connectivity index (χ0n) is 38.8. The maximum absolute atomic E-state index is 9.00. The van der Waals surface area contributed by atoms with E-state index in [9.17, 15) is 0 Å². The van der Waals surface area contributed by atoms with E-state index in [0.29, 0.717) is 6.61 Å². The average molecular weight is 999 g/mol. The molecule has 0 heterocycles. The van der Waals surface area contributed by atoms with Gasteiger partial charge in [-0.15, -0.1) is 0 Å². The number of hydrogen-bond donors (Lipinski definition) is 2. The molecule has 0 saturated heterocycles. The van der Waals surface area contributed by atoms with E-state index >= 15 is 0 Å². The Balaban J connectivity index is -0.000000210. The SMILES string of the molecule is CCCCCCCCCCCCO.CCCC[N+](CCCC)(CCCC)CCCC.CCCC[N+](CCCC)(CCCC)CCCC.O=P([O-])([O-])OO.[O]=[W]=[O]. The Morgan fingerprint density at radius 2 is 0.571 bits per heavy atom. The summed E-state index contributed by atoms with van der Waals surface area (Å²) in [4.78, 5) is 18.0. The van der Waals surface area contributed by atoms with Gasteiger partial charge in [-0.2, -0.15) is 0 Å². The summed E-state index contributed by atoms with van der Waals surface area (Å²) in [7, 11) is -5.09. The van der Waals surface area contributed by atoms with Crippen LogP contribution in [-0.2, 0) is 34.5 Å². The fourth-order valence-corrected chi connectivity index (χ4v) is 6.89. The molecule has 12 heteroatoms. The van der Waals surface area contributed by atoms with E-state index < -0.39 is 26.3 Å². The maximum atomic E-state index is 9.00. The third kappa shape index (κ3) is 54.2. The average Bonchev–Trinajstić information content (AvgIpc) is 3.20. The number of aliphatic hydroxyl groups excluding tert-OH is 1. The van der Waals surface area contributed by atoms with Gasteiger partial charge in [0.15, 0.2) is 0 Å². The van der Waals surface area contributed by atoms with E-state index in [1.165, 1.54) is 222 Å². The number of nitrogens with zero attached hydrogens (tertiary/aromatic N) is 2. The zero-order valence-corrected chi connectivity index (χ0v) is 42.7. The molecule has 0 saturated carbocycles. The van der Waals surface area contributed by atoms with Gasteiger partial charge in [-0.25, -0.2) is 9.93 Å². The summed E-state index contributed by atoms with van der Waals surface area (Å²) in [6, 6.07) is 0. The summed E-state index contributed by atoms with van der Waals surface area (Å²) in [6.45, 7) is 32.7. The number of phosphoric acid groups is 1. The molecule has 2 N–H and O–H groups in total. The Morgan fingerprint density at radius 1 is 0.411 bits per heavy atom. The quantitative estimate of drug-likeness (QED) is 0.0210. The molecular weight excluding hydrogens is 899 g/mol. The summed E-state index contributed by atoms with van der Waals surface area (Å²) in [5.41, 5.74) is 0. The van der Waals surface area contributed by atoms with Gasteiger partial charge in [0.05, 0.1) is 60.2 Å². The van der Waals surface area contributed by atoms with Crippen molar-refractivity contribution in [1.82, 2.24) is 0 Å². The Morgan fingerprint density at radius 3 is 0.714 bits per heavy atom. The molecule has 0 aromatic rings. The molecule has 0 spiro atoms. The Bertz CT molecular complexity index is 680. The monoisotopic (exact) mass is 999 g/mol. The summed E-state index contributed by atoms with van der Waals surface area (Å²) in [5, 5.41) is 15.6. The van der Waals surface area contributed by atoms with Gasteiger partial charge in [0.1, 0.15) is 0 Å². The summed E-state index contributed by atoms with van der Waals surface area (Å²) >= 11 is -2.25. The van der Waals surface area contributed by atoms with Crippen LogP contribution in [0.5, 0.6) is 0 Å². The minimum absolute atomic E-state index is 0.372. The van der Waals surface area contributed by atoms with Crippen LogP contribution in [0.1, 0.15) is 229 Å². The van der Waals surface area contributed by atoms with Crippen LogP contribution in [0.3, 0.4) is 0 Å². The third-order valence-corrected chi connectivity index (χ3v) is 10.7. The Kier molecular flexibility index (Phi) is 62.2. The van der Waals surface area contributed by atoms with E-state index in [-0.39, 0.29) is 0 Å². The molecular formula is C44H99N2O8PW. The topological polar surface area (TPSA) is 147 Å². The van der Waals surface area contributed by atoms with Gasteiger partial charge in [-0.1, -0.05) is 171 Å². The van der Waals surface area contributed by atoms with Crippen molar-refractivity contribution in [2.45, 2.75) is 229 Å². The predicted molar refractivity (Wildman–Crippen MR) is 230 cm³/mol. The molecule has 0 fully saturated rings. The van der Waals surface area contributed by atoms with Crippen LogP contribution in [0.4, 0.5) is 0 Å². The number of aliphatic hydroxyl groups is 1. The van der Waals surface area contributed by atoms with Crippen molar-refractivity contribution < 1.29 is 63.6 Å². The molecule has 344 valence electrons. The van der Waals surface area contributed by atoms with E-state index in [4.69, 9.17) is 31.5 Å². The van der Waals surface area contributed by atoms with E-state index in [1.54, 1.807) is 0 Å². The van der Waals surface area contributed by atoms with Crippen molar-refractivity contribution in [3.8, 4) is 0 Å². The summed E-state index contributed by atoms with van der Waals surface area (Å²) < 4.78 is 31.3. The molecule has 0 aromatic heterocycles. The van der Waals surface area contributed by atoms with Crippen LogP contribution < -0.4 is 9.79 Å². The van der Waals surface area contributed by atoms with Crippen LogP contribution in [0.15, 0.2) is 0 Å².